The van der Waals surface area contributed by atoms with Gasteiger partial charge in [0.2, 0.25) is 0 Å². The molecule has 0 amide bonds. The van der Waals surface area contributed by atoms with Crippen LogP contribution in [0, 0.1) is 5.92 Å². The molecule has 1 aliphatic heterocycles. The number of alkyl halides is 1. The predicted octanol–water partition coefficient (Wildman–Crippen LogP) is 3.91. The van der Waals surface area contributed by atoms with Crippen molar-refractivity contribution in [3.63, 3.8) is 0 Å². The minimum atomic E-state index is 0.775. The Morgan fingerprint density at radius 1 is 1.27 bits per heavy atom. The van der Waals surface area contributed by atoms with Gasteiger partial charge in [0.1, 0.15) is 0 Å². The molecule has 1 heterocycles. The van der Waals surface area contributed by atoms with Gasteiger partial charge >= 0.3 is 0 Å². The van der Waals surface area contributed by atoms with E-state index in [2.05, 4.69) is 18.7 Å². The maximum atomic E-state index is 5.88. The van der Waals surface area contributed by atoms with Crippen LogP contribution in [0.4, 0.5) is 0 Å². The first-order chi connectivity index (χ1) is 7.31. The van der Waals surface area contributed by atoms with Gasteiger partial charge in [-0.25, -0.2) is 0 Å². The fourth-order valence-corrected chi connectivity index (χ4v) is 2.88. The first-order valence-electron chi connectivity index (χ1n) is 6.61. The molecule has 1 aliphatic rings. The molecule has 1 nitrogen and oxygen atoms in total. The van der Waals surface area contributed by atoms with E-state index in [0.717, 1.165) is 17.8 Å². The maximum Gasteiger partial charge on any atom is 0.0238 e. The maximum absolute atomic E-state index is 5.88. The zero-order valence-corrected chi connectivity index (χ0v) is 11.1. The normalized spacial score (nSPS) is 23.6. The number of nitrogens with zero attached hydrogens (tertiary/aromatic N) is 1. The second-order valence-electron chi connectivity index (χ2n) is 4.80. The van der Waals surface area contributed by atoms with Crippen molar-refractivity contribution in [3.05, 3.63) is 0 Å². The quantitative estimate of drug-likeness (QED) is 0.627. The van der Waals surface area contributed by atoms with Gasteiger partial charge < -0.3 is 4.90 Å². The minimum Gasteiger partial charge on any atom is -0.300 e. The SMILES string of the molecule is CCC(CC)CN1CCCCC1CCCl. The topological polar surface area (TPSA) is 3.24 Å². The number of likely N-dealkylation sites (tertiary alicyclic amines) is 1. The lowest BCUT2D eigenvalue weighted by molar-refractivity contribution is 0.119. The average Bonchev–Trinajstić information content (AvgIpc) is 2.28. The summed E-state index contributed by atoms with van der Waals surface area (Å²) in [6, 6.07) is 0.775. The van der Waals surface area contributed by atoms with Crippen LogP contribution in [0.25, 0.3) is 0 Å². The third kappa shape index (κ3) is 4.32. The van der Waals surface area contributed by atoms with Gasteiger partial charge in [-0.15, -0.1) is 11.6 Å². The predicted molar refractivity (Wildman–Crippen MR) is 68.6 cm³/mol. The van der Waals surface area contributed by atoms with E-state index in [9.17, 15) is 0 Å². The molecule has 0 saturated carbocycles. The molecule has 1 atom stereocenters. The van der Waals surface area contributed by atoms with Crippen LogP contribution in [0.2, 0.25) is 0 Å². The molecule has 0 aromatic carbocycles. The molecule has 0 aromatic rings. The van der Waals surface area contributed by atoms with Crippen molar-refractivity contribution in [2.24, 2.45) is 5.92 Å². The van der Waals surface area contributed by atoms with Crippen molar-refractivity contribution in [1.29, 1.82) is 0 Å². The smallest absolute Gasteiger partial charge is 0.0238 e. The van der Waals surface area contributed by atoms with Crippen LogP contribution in [0.3, 0.4) is 0 Å². The number of hydrogen-bond acceptors (Lipinski definition) is 1. The molecule has 90 valence electrons. The molecule has 15 heavy (non-hydrogen) atoms. The van der Waals surface area contributed by atoms with Gasteiger partial charge in [0, 0.05) is 18.5 Å². The highest BCUT2D eigenvalue weighted by Crippen LogP contribution is 2.22. The molecule has 0 N–H and O–H groups in total. The zero-order valence-electron chi connectivity index (χ0n) is 10.3. The first-order valence-corrected chi connectivity index (χ1v) is 7.15. The fourth-order valence-electron chi connectivity index (χ4n) is 2.63. The largest absolute Gasteiger partial charge is 0.300 e. The van der Waals surface area contributed by atoms with E-state index in [1.165, 1.54) is 51.6 Å². The Labute approximate surface area is 100 Å². The van der Waals surface area contributed by atoms with Gasteiger partial charge in [0.25, 0.3) is 0 Å². The molecule has 1 unspecified atom stereocenters. The monoisotopic (exact) mass is 231 g/mol. The Kier molecular flexibility index (Phi) is 6.67. The van der Waals surface area contributed by atoms with Gasteiger partial charge in [-0.1, -0.05) is 33.1 Å². The summed E-state index contributed by atoms with van der Waals surface area (Å²) in [6.45, 7) is 7.23. The van der Waals surface area contributed by atoms with Gasteiger partial charge in [-0.3, -0.25) is 0 Å². The molecule has 0 radical (unpaired) electrons. The van der Waals surface area contributed by atoms with Crippen LogP contribution in [0.15, 0.2) is 0 Å². The molecule has 0 aliphatic carbocycles. The average molecular weight is 232 g/mol. The summed E-state index contributed by atoms with van der Waals surface area (Å²) in [6.07, 6.45) is 7.98. The van der Waals surface area contributed by atoms with Gasteiger partial charge in [0.15, 0.2) is 0 Å². The number of rotatable bonds is 6. The summed E-state index contributed by atoms with van der Waals surface area (Å²) in [7, 11) is 0. The lowest BCUT2D eigenvalue weighted by atomic mass is 9.96. The second kappa shape index (κ2) is 7.51. The van der Waals surface area contributed by atoms with E-state index >= 15 is 0 Å². The zero-order chi connectivity index (χ0) is 11.1. The van der Waals surface area contributed by atoms with E-state index in [1.54, 1.807) is 0 Å². The highest BCUT2D eigenvalue weighted by atomic mass is 35.5. The highest BCUT2D eigenvalue weighted by molar-refractivity contribution is 6.17. The third-order valence-electron chi connectivity index (χ3n) is 3.84. The summed E-state index contributed by atoms with van der Waals surface area (Å²) in [5.74, 6) is 1.71. The van der Waals surface area contributed by atoms with Crippen LogP contribution in [-0.2, 0) is 0 Å². The minimum absolute atomic E-state index is 0.775. The van der Waals surface area contributed by atoms with Crippen molar-refractivity contribution in [1.82, 2.24) is 4.90 Å². The van der Waals surface area contributed by atoms with Gasteiger partial charge in [0.05, 0.1) is 0 Å². The molecular weight excluding hydrogens is 206 g/mol. The highest BCUT2D eigenvalue weighted by Gasteiger charge is 2.23. The van der Waals surface area contributed by atoms with E-state index in [0.29, 0.717) is 0 Å². The number of piperidine rings is 1. The van der Waals surface area contributed by atoms with E-state index in [1.807, 2.05) is 0 Å². The van der Waals surface area contributed by atoms with Crippen LogP contribution in [0.1, 0.15) is 52.4 Å². The molecule has 0 bridgehead atoms. The lowest BCUT2D eigenvalue weighted by Crippen LogP contribution is -2.42. The number of hydrogen-bond donors (Lipinski definition) is 0. The van der Waals surface area contributed by atoms with Crippen LogP contribution < -0.4 is 0 Å². The Morgan fingerprint density at radius 2 is 2.00 bits per heavy atom. The Bertz CT molecular complexity index is 155. The fraction of sp³-hybridized carbons (Fsp3) is 1.00. The molecular formula is C13H26ClN. The van der Waals surface area contributed by atoms with E-state index < -0.39 is 0 Å². The second-order valence-corrected chi connectivity index (χ2v) is 5.18. The van der Waals surface area contributed by atoms with Crippen LogP contribution in [0.5, 0.6) is 0 Å². The Morgan fingerprint density at radius 3 is 2.60 bits per heavy atom. The van der Waals surface area contributed by atoms with Crippen molar-refractivity contribution in [2.45, 2.75) is 58.4 Å². The van der Waals surface area contributed by atoms with Crippen molar-refractivity contribution in [2.75, 3.05) is 19.0 Å². The Balaban J connectivity index is 2.40. The molecule has 0 spiro atoms. The first kappa shape index (κ1) is 13.3. The molecule has 1 rings (SSSR count). The van der Waals surface area contributed by atoms with Gasteiger partial charge in [-0.2, -0.15) is 0 Å². The summed E-state index contributed by atoms with van der Waals surface area (Å²) in [5, 5.41) is 0. The van der Waals surface area contributed by atoms with Crippen LogP contribution in [-0.4, -0.2) is 29.9 Å². The summed E-state index contributed by atoms with van der Waals surface area (Å²) in [5.41, 5.74) is 0. The van der Waals surface area contributed by atoms with E-state index in [4.69, 9.17) is 11.6 Å². The van der Waals surface area contributed by atoms with Crippen molar-refractivity contribution in [3.8, 4) is 0 Å². The number of halogens is 1. The molecule has 1 saturated heterocycles. The lowest BCUT2D eigenvalue weighted by Gasteiger charge is -2.37. The summed E-state index contributed by atoms with van der Waals surface area (Å²) in [4.78, 5) is 2.70. The molecule has 0 aromatic heterocycles. The van der Waals surface area contributed by atoms with Crippen molar-refractivity contribution >= 4 is 11.6 Å². The Hall–Kier alpha value is 0.250. The van der Waals surface area contributed by atoms with Crippen molar-refractivity contribution < 1.29 is 0 Å². The summed E-state index contributed by atoms with van der Waals surface area (Å²) >= 11 is 5.88. The van der Waals surface area contributed by atoms with E-state index in [-0.39, 0.29) is 0 Å². The molecule has 2 heteroatoms. The van der Waals surface area contributed by atoms with Crippen LogP contribution >= 0.6 is 11.6 Å². The summed E-state index contributed by atoms with van der Waals surface area (Å²) < 4.78 is 0. The molecule has 1 fully saturated rings. The van der Waals surface area contributed by atoms with Gasteiger partial charge in [-0.05, 0) is 31.7 Å². The third-order valence-corrected chi connectivity index (χ3v) is 4.06. The standard InChI is InChI=1S/C13H26ClN/c1-3-12(4-2)11-15-10-6-5-7-13(15)8-9-14/h12-13H,3-11H2,1-2H3.